The van der Waals surface area contributed by atoms with Crippen molar-refractivity contribution >= 4 is 11.6 Å². The molecule has 3 rings (SSSR count). The highest BCUT2D eigenvalue weighted by atomic mass is 19.3. The molecule has 0 fully saturated rings. The topological polar surface area (TPSA) is 74.0 Å². The zero-order valence-electron chi connectivity index (χ0n) is 17.0. The fourth-order valence-corrected chi connectivity index (χ4v) is 2.96. The molecule has 0 aliphatic heterocycles. The predicted molar refractivity (Wildman–Crippen MR) is 104 cm³/mol. The zero-order valence-corrected chi connectivity index (χ0v) is 17.0. The van der Waals surface area contributed by atoms with E-state index in [4.69, 9.17) is 4.74 Å². The molecule has 1 unspecified atom stereocenters. The summed E-state index contributed by atoms with van der Waals surface area (Å²) in [6.07, 6.45) is -3.22. The van der Waals surface area contributed by atoms with Crippen molar-refractivity contribution in [2.75, 3.05) is 5.32 Å². The second kappa shape index (κ2) is 9.19. The molecular formula is C20H21F4N5O2. The molecule has 1 atom stereocenters. The van der Waals surface area contributed by atoms with Crippen molar-refractivity contribution in [1.82, 2.24) is 19.6 Å². The quantitative estimate of drug-likeness (QED) is 0.512. The van der Waals surface area contributed by atoms with Gasteiger partial charge in [0.2, 0.25) is 5.91 Å². The number of halogens is 4. The Balaban J connectivity index is 1.65. The standard InChI is InChI=1S/C20H21F4N5O2/c1-11-4-5-17(12(2)6-11)31-10-28-9-14(8-25-28)26-20(30)13(3)29-16(19(23)24)7-15(27-29)18(21)22/h4-9,13,18-19H,10H2,1-3H3,(H,26,30). The van der Waals surface area contributed by atoms with Crippen LogP contribution in [0, 0.1) is 13.8 Å². The summed E-state index contributed by atoms with van der Waals surface area (Å²) in [6.45, 7) is 5.27. The van der Waals surface area contributed by atoms with Crippen LogP contribution >= 0.6 is 0 Å². The lowest BCUT2D eigenvalue weighted by molar-refractivity contribution is -0.119. The number of carbonyl (C=O) groups is 1. The van der Waals surface area contributed by atoms with Gasteiger partial charge in [0.05, 0.1) is 18.1 Å². The van der Waals surface area contributed by atoms with Crippen molar-refractivity contribution in [3.05, 3.63) is 59.2 Å². The van der Waals surface area contributed by atoms with Crippen molar-refractivity contribution in [2.24, 2.45) is 0 Å². The second-order valence-corrected chi connectivity index (χ2v) is 7.02. The first-order chi connectivity index (χ1) is 14.7. The maximum atomic E-state index is 13.2. The third kappa shape index (κ3) is 5.22. The third-order valence-corrected chi connectivity index (χ3v) is 4.56. The molecular weight excluding hydrogens is 418 g/mol. The number of aryl methyl sites for hydroxylation is 2. The Kier molecular flexibility index (Phi) is 6.62. The molecule has 166 valence electrons. The van der Waals surface area contributed by atoms with Gasteiger partial charge in [-0.1, -0.05) is 17.7 Å². The first-order valence-corrected chi connectivity index (χ1v) is 9.34. The van der Waals surface area contributed by atoms with E-state index in [2.05, 4.69) is 15.5 Å². The summed E-state index contributed by atoms with van der Waals surface area (Å²) in [4.78, 5) is 12.5. The van der Waals surface area contributed by atoms with E-state index in [9.17, 15) is 22.4 Å². The van der Waals surface area contributed by atoms with Gasteiger partial charge in [-0.3, -0.25) is 9.48 Å². The number of hydrogen-bond donors (Lipinski definition) is 1. The first-order valence-electron chi connectivity index (χ1n) is 9.34. The maximum Gasteiger partial charge on any atom is 0.282 e. The van der Waals surface area contributed by atoms with Gasteiger partial charge in [0.1, 0.15) is 23.2 Å². The minimum atomic E-state index is -3.06. The third-order valence-electron chi connectivity index (χ3n) is 4.56. The number of amides is 1. The van der Waals surface area contributed by atoms with Crippen LogP contribution in [0.4, 0.5) is 23.2 Å². The minimum Gasteiger partial charge on any atom is -0.471 e. The number of ether oxygens (including phenoxy) is 1. The van der Waals surface area contributed by atoms with Gasteiger partial charge in [-0.05, 0) is 38.5 Å². The lowest BCUT2D eigenvalue weighted by atomic mass is 10.1. The largest absolute Gasteiger partial charge is 0.471 e. The fourth-order valence-electron chi connectivity index (χ4n) is 2.96. The summed E-state index contributed by atoms with van der Waals surface area (Å²) in [5.41, 5.74) is 0.797. The molecule has 0 spiro atoms. The van der Waals surface area contributed by atoms with Gasteiger partial charge in [-0.25, -0.2) is 22.2 Å². The van der Waals surface area contributed by atoms with E-state index in [0.29, 0.717) is 22.2 Å². The van der Waals surface area contributed by atoms with Crippen LogP contribution in [-0.4, -0.2) is 25.5 Å². The van der Waals surface area contributed by atoms with Gasteiger partial charge in [0.25, 0.3) is 12.9 Å². The predicted octanol–water partition coefficient (Wildman–Crippen LogP) is 4.81. The Labute approximate surface area is 175 Å². The Hall–Kier alpha value is -3.37. The van der Waals surface area contributed by atoms with Crippen molar-refractivity contribution in [3.8, 4) is 5.75 Å². The zero-order chi connectivity index (χ0) is 22.7. The van der Waals surface area contributed by atoms with E-state index in [1.165, 1.54) is 24.0 Å². The Morgan fingerprint density at radius 3 is 2.55 bits per heavy atom. The van der Waals surface area contributed by atoms with Gasteiger partial charge in [-0.2, -0.15) is 10.2 Å². The van der Waals surface area contributed by atoms with Crippen LogP contribution < -0.4 is 10.1 Å². The highest BCUT2D eigenvalue weighted by molar-refractivity contribution is 5.93. The number of nitrogens with zero attached hydrogens (tertiary/aromatic N) is 4. The number of nitrogens with one attached hydrogen (secondary N) is 1. The maximum absolute atomic E-state index is 13.2. The molecule has 2 aromatic heterocycles. The molecule has 31 heavy (non-hydrogen) atoms. The van der Waals surface area contributed by atoms with E-state index < -0.39 is 36.2 Å². The Morgan fingerprint density at radius 1 is 1.16 bits per heavy atom. The van der Waals surface area contributed by atoms with Crippen LogP contribution in [0.3, 0.4) is 0 Å². The van der Waals surface area contributed by atoms with Gasteiger partial charge in [0.15, 0.2) is 6.73 Å². The van der Waals surface area contributed by atoms with Gasteiger partial charge < -0.3 is 10.1 Å². The fraction of sp³-hybridized carbons (Fsp3) is 0.350. The van der Waals surface area contributed by atoms with Crippen LogP contribution in [0.2, 0.25) is 0 Å². The lowest BCUT2D eigenvalue weighted by Gasteiger charge is -2.14. The Morgan fingerprint density at radius 2 is 1.90 bits per heavy atom. The van der Waals surface area contributed by atoms with Crippen molar-refractivity contribution in [2.45, 2.75) is 46.4 Å². The second-order valence-electron chi connectivity index (χ2n) is 7.02. The minimum absolute atomic E-state index is 0.0851. The number of aromatic nitrogens is 4. The summed E-state index contributed by atoms with van der Waals surface area (Å²) in [7, 11) is 0. The lowest BCUT2D eigenvalue weighted by Crippen LogP contribution is -2.26. The molecule has 0 bridgehead atoms. The van der Waals surface area contributed by atoms with E-state index in [1.54, 1.807) is 0 Å². The van der Waals surface area contributed by atoms with Crippen molar-refractivity contribution < 1.29 is 27.1 Å². The van der Waals surface area contributed by atoms with E-state index in [-0.39, 0.29) is 6.73 Å². The number of alkyl halides is 4. The van der Waals surface area contributed by atoms with Crippen molar-refractivity contribution in [1.29, 1.82) is 0 Å². The van der Waals surface area contributed by atoms with Gasteiger partial charge >= 0.3 is 0 Å². The van der Waals surface area contributed by atoms with Crippen LogP contribution in [0.1, 0.15) is 48.3 Å². The molecule has 3 aromatic rings. The molecule has 7 nitrogen and oxygen atoms in total. The molecule has 0 radical (unpaired) electrons. The molecule has 0 aliphatic carbocycles. The normalized spacial score (nSPS) is 12.4. The molecule has 2 heterocycles. The smallest absolute Gasteiger partial charge is 0.282 e. The SMILES string of the molecule is Cc1ccc(OCn2cc(NC(=O)C(C)n3nc(C(F)F)cc3C(F)F)cn2)c(C)c1. The summed E-state index contributed by atoms with van der Waals surface area (Å²) < 4.78 is 59.7. The first kappa shape index (κ1) is 22.3. The van der Waals surface area contributed by atoms with E-state index >= 15 is 0 Å². The summed E-state index contributed by atoms with van der Waals surface area (Å²) >= 11 is 0. The van der Waals surface area contributed by atoms with E-state index in [1.807, 2.05) is 32.0 Å². The van der Waals surface area contributed by atoms with Gasteiger partial charge in [-0.15, -0.1) is 0 Å². The highest BCUT2D eigenvalue weighted by Crippen LogP contribution is 2.28. The number of carbonyl (C=O) groups excluding carboxylic acids is 1. The van der Waals surface area contributed by atoms with Crippen LogP contribution in [0.25, 0.3) is 0 Å². The molecule has 0 saturated heterocycles. The number of benzene rings is 1. The molecule has 0 saturated carbocycles. The van der Waals surface area contributed by atoms with Crippen LogP contribution in [0.15, 0.2) is 36.7 Å². The van der Waals surface area contributed by atoms with Gasteiger partial charge in [0, 0.05) is 0 Å². The average Bonchev–Trinajstić information content (AvgIpc) is 3.34. The Bertz CT molecular complexity index is 1060. The molecule has 0 aliphatic rings. The molecule has 1 amide bonds. The average molecular weight is 439 g/mol. The summed E-state index contributed by atoms with van der Waals surface area (Å²) in [6, 6.07) is 5.10. The molecule has 1 N–H and O–H groups in total. The summed E-state index contributed by atoms with van der Waals surface area (Å²) in [5.74, 6) is -0.0194. The number of anilines is 1. The molecule has 11 heteroatoms. The summed E-state index contributed by atoms with van der Waals surface area (Å²) in [5, 5.41) is 10.0. The van der Waals surface area contributed by atoms with Crippen LogP contribution in [0.5, 0.6) is 5.75 Å². The van der Waals surface area contributed by atoms with E-state index in [0.717, 1.165) is 11.1 Å². The highest BCUT2D eigenvalue weighted by Gasteiger charge is 2.27. The monoisotopic (exact) mass is 439 g/mol. The van der Waals surface area contributed by atoms with Crippen LogP contribution in [-0.2, 0) is 11.5 Å². The number of rotatable bonds is 8. The number of hydrogen-bond acceptors (Lipinski definition) is 4. The van der Waals surface area contributed by atoms with Crippen molar-refractivity contribution in [3.63, 3.8) is 0 Å². The molecule has 1 aromatic carbocycles.